The Morgan fingerprint density at radius 3 is 2.68 bits per heavy atom. The van der Waals surface area contributed by atoms with Crippen molar-refractivity contribution in [3.05, 3.63) is 34.5 Å². The number of hydrogen-bond acceptors (Lipinski definition) is 3. The molecular formula is C15H21BrN2O. The Labute approximate surface area is 122 Å². The monoisotopic (exact) mass is 324 g/mol. The van der Waals surface area contributed by atoms with Crippen LogP contribution in [-0.4, -0.2) is 0 Å². The Hall–Kier alpha value is -0.840. The summed E-state index contributed by atoms with van der Waals surface area (Å²) < 4.78 is 6.90. The molecule has 3 nitrogen and oxygen atoms in total. The van der Waals surface area contributed by atoms with E-state index in [9.17, 15) is 0 Å². The summed E-state index contributed by atoms with van der Waals surface area (Å²) in [5.41, 5.74) is 4.04. The molecule has 1 heterocycles. The minimum Gasteiger partial charge on any atom is -0.458 e. The van der Waals surface area contributed by atoms with E-state index in [0.29, 0.717) is 5.41 Å². The van der Waals surface area contributed by atoms with Crippen molar-refractivity contribution in [2.24, 2.45) is 11.3 Å². The van der Waals surface area contributed by atoms with Crippen molar-refractivity contribution < 1.29 is 4.42 Å². The molecule has 1 aromatic carbocycles. The molecule has 2 rings (SSSR count). The normalized spacial score (nSPS) is 13.9. The Morgan fingerprint density at radius 1 is 1.37 bits per heavy atom. The number of hydrogen-bond donors (Lipinski definition) is 2. The minimum atomic E-state index is 0.0542. The molecule has 0 aliphatic rings. The lowest BCUT2D eigenvalue weighted by atomic mass is 9.88. The van der Waals surface area contributed by atoms with Gasteiger partial charge in [-0.1, -0.05) is 32.9 Å². The zero-order chi connectivity index (χ0) is 14.0. The highest BCUT2D eigenvalue weighted by molar-refractivity contribution is 9.10. The Kier molecular flexibility index (Phi) is 4.33. The van der Waals surface area contributed by atoms with Gasteiger partial charge in [-0.25, -0.2) is 5.43 Å². The number of halogens is 1. The maximum Gasteiger partial charge on any atom is 0.148 e. The summed E-state index contributed by atoms with van der Waals surface area (Å²) in [6.45, 7) is 6.70. The summed E-state index contributed by atoms with van der Waals surface area (Å²) in [5.74, 6) is 6.57. The minimum absolute atomic E-state index is 0.0542. The maximum absolute atomic E-state index is 5.93. The summed E-state index contributed by atoms with van der Waals surface area (Å²) in [4.78, 5) is 0. The quantitative estimate of drug-likeness (QED) is 0.641. The van der Waals surface area contributed by atoms with Gasteiger partial charge in [0.25, 0.3) is 0 Å². The van der Waals surface area contributed by atoms with Crippen molar-refractivity contribution in [1.29, 1.82) is 0 Å². The predicted molar refractivity (Wildman–Crippen MR) is 82.7 cm³/mol. The van der Waals surface area contributed by atoms with Crippen LogP contribution < -0.4 is 11.3 Å². The van der Waals surface area contributed by atoms with Crippen LogP contribution in [0, 0.1) is 5.41 Å². The second-order valence-electron chi connectivity index (χ2n) is 6.13. The summed E-state index contributed by atoms with van der Waals surface area (Å²) in [7, 11) is 0. The molecule has 0 bridgehead atoms. The Bertz CT molecular complexity index is 557. The number of nitrogens with two attached hydrogens (primary N) is 1. The molecule has 0 aliphatic heterocycles. The van der Waals surface area contributed by atoms with Gasteiger partial charge in [-0.2, -0.15) is 0 Å². The van der Waals surface area contributed by atoms with Crippen LogP contribution in [-0.2, 0) is 0 Å². The maximum atomic E-state index is 5.93. The summed E-state index contributed by atoms with van der Waals surface area (Å²) in [6, 6.07) is 8.15. The average molecular weight is 325 g/mol. The van der Waals surface area contributed by atoms with Gasteiger partial charge in [0.15, 0.2) is 0 Å². The van der Waals surface area contributed by atoms with E-state index >= 15 is 0 Å². The van der Waals surface area contributed by atoms with E-state index in [-0.39, 0.29) is 6.04 Å². The van der Waals surface area contributed by atoms with Crippen LogP contribution in [0.5, 0.6) is 0 Å². The molecule has 0 spiro atoms. The number of fused-ring (bicyclic) bond motifs is 1. The molecule has 19 heavy (non-hydrogen) atoms. The standard InChI is InChI=1S/C15H21BrN2O/c1-15(2,3)8-7-12(18-17)13-9-10-5-4-6-11(16)14(10)19-13/h4-6,9,12,18H,7-8,17H2,1-3H3. The van der Waals surface area contributed by atoms with Gasteiger partial charge in [-0.15, -0.1) is 0 Å². The third-order valence-electron chi connectivity index (χ3n) is 3.24. The van der Waals surface area contributed by atoms with E-state index in [1.54, 1.807) is 0 Å². The molecule has 0 radical (unpaired) electrons. The van der Waals surface area contributed by atoms with Gasteiger partial charge in [0.2, 0.25) is 0 Å². The Balaban J connectivity index is 2.23. The van der Waals surface area contributed by atoms with Crippen molar-refractivity contribution in [3.63, 3.8) is 0 Å². The van der Waals surface area contributed by atoms with Crippen LogP contribution in [0.4, 0.5) is 0 Å². The lowest BCUT2D eigenvalue weighted by molar-refractivity contribution is 0.315. The van der Waals surface area contributed by atoms with Crippen molar-refractivity contribution in [1.82, 2.24) is 5.43 Å². The first-order chi connectivity index (χ1) is 8.90. The van der Waals surface area contributed by atoms with Crippen LogP contribution in [0.25, 0.3) is 11.0 Å². The van der Waals surface area contributed by atoms with Crippen LogP contribution in [0.2, 0.25) is 0 Å². The largest absolute Gasteiger partial charge is 0.458 e. The van der Waals surface area contributed by atoms with Crippen LogP contribution in [0.15, 0.2) is 33.2 Å². The molecule has 1 aromatic heterocycles. The van der Waals surface area contributed by atoms with Crippen molar-refractivity contribution >= 4 is 26.9 Å². The first-order valence-electron chi connectivity index (χ1n) is 6.55. The fourth-order valence-corrected chi connectivity index (χ4v) is 2.57. The highest BCUT2D eigenvalue weighted by atomic mass is 79.9. The molecule has 0 aliphatic carbocycles. The topological polar surface area (TPSA) is 51.2 Å². The molecule has 0 saturated heterocycles. The second kappa shape index (κ2) is 5.65. The zero-order valence-corrected chi connectivity index (χ0v) is 13.3. The Morgan fingerprint density at radius 2 is 2.11 bits per heavy atom. The van der Waals surface area contributed by atoms with E-state index in [4.69, 9.17) is 10.3 Å². The molecule has 4 heteroatoms. The highest BCUT2D eigenvalue weighted by Gasteiger charge is 2.19. The summed E-state index contributed by atoms with van der Waals surface area (Å²) in [6.07, 6.45) is 2.04. The lowest BCUT2D eigenvalue weighted by Gasteiger charge is -2.21. The third kappa shape index (κ3) is 3.59. The first kappa shape index (κ1) is 14.6. The highest BCUT2D eigenvalue weighted by Crippen LogP contribution is 2.32. The van der Waals surface area contributed by atoms with E-state index in [1.165, 1.54) is 0 Å². The van der Waals surface area contributed by atoms with E-state index in [1.807, 2.05) is 18.2 Å². The fraction of sp³-hybridized carbons (Fsp3) is 0.467. The molecule has 0 saturated carbocycles. The molecule has 0 amide bonds. The molecule has 1 unspecified atom stereocenters. The number of furan rings is 1. The number of nitrogens with one attached hydrogen (secondary N) is 1. The predicted octanol–water partition coefficient (Wildman–Crippen LogP) is 4.53. The van der Waals surface area contributed by atoms with Crippen LogP contribution in [0.3, 0.4) is 0 Å². The van der Waals surface area contributed by atoms with Gasteiger partial charge in [0, 0.05) is 5.39 Å². The molecule has 1 atom stereocenters. The van der Waals surface area contributed by atoms with Gasteiger partial charge in [-0.05, 0) is 46.3 Å². The van der Waals surface area contributed by atoms with Gasteiger partial charge in [0.1, 0.15) is 11.3 Å². The van der Waals surface area contributed by atoms with Crippen molar-refractivity contribution in [3.8, 4) is 0 Å². The van der Waals surface area contributed by atoms with Gasteiger partial charge in [-0.3, -0.25) is 5.84 Å². The molecule has 104 valence electrons. The molecule has 3 N–H and O–H groups in total. The first-order valence-corrected chi connectivity index (χ1v) is 7.34. The van der Waals surface area contributed by atoms with Gasteiger partial charge < -0.3 is 4.42 Å². The fourth-order valence-electron chi connectivity index (χ4n) is 2.10. The number of hydrazine groups is 1. The average Bonchev–Trinajstić information content (AvgIpc) is 2.73. The molecular weight excluding hydrogens is 304 g/mol. The number of rotatable bonds is 4. The summed E-state index contributed by atoms with van der Waals surface area (Å²) in [5, 5.41) is 1.10. The lowest BCUT2D eigenvalue weighted by Crippen LogP contribution is -2.28. The van der Waals surface area contributed by atoms with Crippen LogP contribution in [0.1, 0.15) is 45.4 Å². The van der Waals surface area contributed by atoms with Crippen LogP contribution >= 0.6 is 15.9 Å². The number of benzene rings is 1. The second-order valence-corrected chi connectivity index (χ2v) is 6.98. The zero-order valence-electron chi connectivity index (χ0n) is 11.7. The number of para-hydroxylation sites is 1. The van der Waals surface area contributed by atoms with E-state index in [0.717, 1.165) is 34.0 Å². The SMILES string of the molecule is CC(C)(C)CCC(NN)c1cc2cccc(Br)c2o1. The molecule has 2 aromatic rings. The van der Waals surface area contributed by atoms with E-state index in [2.05, 4.69) is 48.2 Å². The smallest absolute Gasteiger partial charge is 0.148 e. The molecule has 0 fully saturated rings. The summed E-state index contributed by atoms with van der Waals surface area (Å²) >= 11 is 3.51. The van der Waals surface area contributed by atoms with Crippen molar-refractivity contribution in [2.45, 2.75) is 39.7 Å². The van der Waals surface area contributed by atoms with Crippen molar-refractivity contribution in [2.75, 3.05) is 0 Å². The third-order valence-corrected chi connectivity index (χ3v) is 3.87. The van der Waals surface area contributed by atoms with Gasteiger partial charge >= 0.3 is 0 Å². The van der Waals surface area contributed by atoms with Gasteiger partial charge in [0.05, 0.1) is 10.5 Å². The van der Waals surface area contributed by atoms with E-state index < -0.39 is 0 Å².